The third-order valence-electron chi connectivity index (χ3n) is 3.72. The van der Waals surface area contributed by atoms with E-state index in [1.54, 1.807) is 36.4 Å². The highest BCUT2D eigenvalue weighted by Gasteiger charge is 2.12. The highest BCUT2D eigenvalue weighted by Crippen LogP contribution is 2.10. The zero-order valence-corrected chi connectivity index (χ0v) is 14.5. The van der Waals surface area contributed by atoms with Crippen LogP contribution in [0, 0.1) is 0 Å². The maximum atomic E-state index is 11.9. The van der Waals surface area contributed by atoms with E-state index in [9.17, 15) is 14.4 Å². The Bertz CT molecular complexity index is 981. The van der Waals surface area contributed by atoms with Crippen molar-refractivity contribution < 1.29 is 19.1 Å². The van der Waals surface area contributed by atoms with E-state index in [4.69, 9.17) is 4.74 Å². The molecule has 3 rings (SSSR count). The average molecular weight is 367 g/mol. The van der Waals surface area contributed by atoms with E-state index >= 15 is 0 Å². The van der Waals surface area contributed by atoms with E-state index in [1.165, 1.54) is 11.7 Å². The number of hydrogen-bond acceptors (Lipinski definition) is 6. The number of carbonyl (C=O) groups is 3. The number of nitrogens with zero attached hydrogens (tertiary/aromatic N) is 3. The normalized spacial score (nSPS) is 10.4. The lowest BCUT2D eigenvalue weighted by Crippen LogP contribution is -2.23. The number of hydrogen-bond donors (Lipinski definition) is 2. The number of para-hydroxylation sites is 1. The van der Waals surface area contributed by atoms with Crippen LogP contribution in [0.1, 0.15) is 10.4 Å². The molecular formula is C18H17N5O4. The number of rotatable bonds is 6. The minimum atomic E-state index is -0.601. The Morgan fingerprint density at radius 3 is 2.56 bits per heavy atom. The van der Waals surface area contributed by atoms with Crippen LogP contribution in [0.15, 0.2) is 48.5 Å². The van der Waals surface area contributed by atoms with E-state index in [0.717, 1.165) is 0 Å². The summed E-state index contributed by atoms with van der Waals surface area (Å²) in [6, 6.07) is 13.6. The first-order valence-corrected chi connectivity index (χ1v) is 8.12. The second kappa shape index (κ2) is 8.09. The molecule has 0 bridgehead atoms. The van der Waals surface area contributed by atoms with Gasteiger partial charge >= 0.3 is 5.97 Å². The maximum Gasteiger partial charge on any atom is 0.328 e. The molecule has 2 amide bonds. The Labute approximate surface area is 154 Å². The smallest absolute Gasteiger partial charge is 0.328 e. The van der Waals surface area contributed by atoms with Crippen molar-refractivity contribution in [1.29, 1.82) is 0 Å². The second-order valence-corrected chi connectivity index (χ2v) is 5.60. The number of aromatic nitrogens is 3. The molecule has 1 aromatic heterocycles. The number of ether oxygens (including phenoxy) is 1. The summed E-state index contributed by atoms with van der Waals surface area (Å²) in [5.74, 6) is -1.31. The Morgan fingerprint density at radius 1 is 1.07 bits per heavy atom. The average Bonchev–Trinajstić information content (AvgIpc) is 3.09. The molecule has 27 heavy (non-hydrogen) atoms. The van der Waals surface area contributed by atoms with Crippen molar-refractivity contribution in [1.82, 2.24) is 20.3 Å². The number of amides is 2. The summed E-state index contributed by atoms with van der Waals surface area (Å²) in [6.07, 6.45) is 0. The van der Waals surface area contributed by atoms with Crippen LogP contribution in [0.2, 0.25) is 0 Å². The first kappa shape index (κ1) is 18.1. The van der Waals surface area contributed by atoms with Gasteiger partial charge in [0.1, 0.15) is 12.1 Å². The molecule has 9 heteroatoms. The minimum absolute atomic E-state index is 0.144. The number of anilines is 1. The first-order valence-electron chi connectivity index (χ1n) is 8.12. The van der Waals surface area contributed by atoms with Crippen molar-refractivity contribution in [2.75, 3.05) is 19.0 Å². The van der Waals surface area contributed by atoms with Gasteiger partial charge in [0.15, 0.2) is 6.61 Å². The van der Waals surface area contributed by atoms with Gasteiger partial charge in [-0.1, -0.05) is 17.3 Å². The van der Waals surface area contributed by atoms with Crippen LogP contribution in [-0.4, -0.2) is 46.4 Å². The summed E-state index contributed by atoms with van der Waals surface area (Å²) in [5, 5.41) is 12.9. The molecule has 0 unspecified atom stereocenters. The molecule has 0 aliphatic rings. The molecule has 0 saturated carbocycles. The fourth-order valence-corrected chi connectivity index (χ4v) is 2.39. The molecule has 2 aromatic carbocycles. The van der Waals surface area contributed by atoms with Crippen LogP contribution >= 0.6 is 0 Å². The number of esters is 1. The standard InChI is InChI=1S/C18H17N5O4/c1-19-18(26)12-6-8-13(9-7-12)20-16(24)11-27-17(25)10-23-15-5-3-2-4-14(15)21-22-23/h2-9H,10-11H2,1H3,(H,19,26)(H,20,24). The molecule has 3 aromatic rings. The molecule has 0 saturated heterocycles. The lowest BCUT2D eigenvalue weighted by atomic mass is 10.2. The molecule has 0 aliphatic heterocycles. The number of carbonyl (C=O) groups excluding carboxylic acids is 3. The van der Waals surface area contributed by atoms with E-state index in [-0.39, 0.29) is 12.5 Å². The van der Waals surface area contributed by atoms with Crippen molar-refractivity contribution in [2.45, 2.75) is 6.54 Å². The van der Waals surface area contributed by atoms with E-state index in [1.807, 2.05) is 12.1 Å². The molecule has 0 atom stereocenters. The summed E-state index contributed by atoms with van der Waals surface area (Å²) in [7, 11) is 1.54. The van der Waals surface area contributed by atoms with Crippen LogP contribution < -0.4 is 10.6 Å². The van der Waals surface area contributed by atoms with Gasteiger partial charge in [-0.25, -0.2) is 4.68 Å². The lowest BCUT2D eigenvalue weighted by molar-refractivity contribution is -0.148. The number of fused-ring (bicyclic) bond motifs is 1. The third kappa shape index (κ3) is 4.46. The van der Waals surface area contributed by atoms with Crippen molar-refractivity contribution in [3.63, 3.8) is 0 Å². The summed E-state index contributed by atoms with van der Waals surface area (Å²) in [6.45, 7) is -0.572. The van der Waals surface area contributed by atoms with Gasteiger partial charge in [-0.3, -0.25) is 14.4 Å². The number of benzene rings is 2. The quantitative estimate of drug-likeness (QED) is 0.628. The fraction of sp³-hybridized carbons (Fsp3) is 0.167. The summed E-state index contributed by atoms with van der Waals surface area (Å²) >= 11 is 0. The third-order valence-corrected chi connectivity index (χ3v) is 3.72. The van der Waals surface area contributed by atoms with Gasteiger partial charge in [0.25, 0.3) is 11.8 Å². The van der Waals surface area contributed by atoms with Crippen LogP contribution in [-0.2, 0) is 20.9 Å². The molecule has 0 aliphatic carbocycles. The monoisotopic (exact) mass is 367 g/mol. The van der Waals surface area contributed by atoms with Gasteiger partial charge in [0.05, 0.1) is 5.52 Å². The lowest BCUT2D eigenvalue weighted by Gasteiger charge is -2.07. The Kier molecular flexibility index (Phi) is 5.41. The largest absolute Gasteiger partial charge is 0.454 e. The Morgan fingerprint density at radius 2 is 1.81 bits per heavy atom. The van der Waals surface area contributed by atoms with Crippen molar-refractivity contribution >= 4 is 34.5 Å². The van der Waals surface area contributed by atoms with Crippen LogP contribution in [0.3, 0.4) is 0 Å². The highest BCUT2D eigenvalue weighted by molar-refractivity contribution is 5.96. The van der Waals surface area contributed by atoms with Gasteiger partial charge in [-0.15, -0.1) is 5.10 Å². The summed E-state index contributed by atoms with van der Waals surface area (Å²) < 4.78 is 6.38. The van der Waals surface area contributed by atoms with Gasteiger partial charge in [0, 0.05) is 18.3 Å². The molecule has 9 nitrogen and oxygen atoms in total. The molecule has 0 spiro atoms. The molecule has 0 radical (unpaired) electrons. The minimum Gasteiger partial charge on any atom is -0.454 e. The second-order valence-electron chi connectivity index (χ2n) is 5.60. The van der Waals surface area contributed by atoms with E-state index in [2.05, 4.69) is 20.9 Å². The predicted octanol–water partition coefficient (Wildman–Crippen LogP) is 0.973. The number of nitrogens with one attached hydrogen (secondary N) is 2. The van der Waals surface area contributed by atoms with Gasteiger partial charge in [-0.2, -0.15) is 0 Å². The van der Waals surface area contributed by atoms with Gasteiger partial charge in [0.2, 0.25) is 0 Å². The fourth-order valence-electron chi connectivity index (χ4n) is 2.39. The Hall–Kier alpha value is -3.75. The summed E-state index contributed by atoms with van der Waals surface area (Å²) in [5.41, 5.74) is 2.34. The molecule has 1 heterocycles. The Balaban J connectivity index is 1.50. The van der Waals surface area contributed by atoms with Crippen molar-refractivity contribution in [3.8, 4) is 0 Å². The topological polar surface area (TPSA) is 115 Å². The van der Waals surface area contributed by atoms with Crippen molar-refractivity contribution in [2.24, 2.45) is 0 Å². The molecule has 138 valence electrons. The SMILES string of the molecule is CNC(=O)c1ccc(NC(=O)COC(=O)Cn2nnc3ccccc32)cc1. The highest BCUT2D eigenvalue weighted by atomic mass is 16.5. The van der Waals surface area contributed by atoms with Crippen LogP contribution in [0.5, 0.6) is 0 Å². The zero-order valence-electron chi connectivity index (χ0n) is 14.5. The zero-order chi connectivity index (χ0) is 19.2. The summed E-state index contributed by atoms with van der Waals surface area (Å²) in [4.78, 5) is 35.3. The van der Waals surface area contributed by atoms with Crippen molar-refractivity contribution in [3.05, 3.63) is 54.1 Å². The molecular weight excluding hydrogens is 350 g/mol. The van der Waals surface area contributed by atoms with E-state index in [0.29, 0.717) is 22.3 Å². The maximum absolute atomic E-state index is 11.9. The van der Waals surface area contributed by atoms with Gasteiger partial charge < -0.3 is 15.4 Å². The predicted molar refractivity (Wildman–Crippen MR) is 96.9 cm³/mol. The van der Waals surface area contributed by atoms with E-state index < -0.39 is 18.5 Å². The van der Waals surface area contributed by atoms with Crippen LogP contribution in [0.25, 0.3) is 11.0 Å². The van der Waals surface area contributed by atoms with Crippen LogP contribution in [0.4, 0.5) is 5.69 Å². The molecule has 2 N–H and O–H groups in total. The van der Waals surface area contributed by atoms with Gasteiger partial charge in [-0.05, 0) is 36.4 Å². The molecule has 0 fully saturated rings. The first-order chi connectivity index (χ1) is 13.1.